The van der Waals surface area contributed by atoms with Crippen LogP contribution < -0.4 is 9.47 Å². The van der Waals surface area contributed by atoms with E-state index in [9.17, 15) is 4.79 Å². The first kappa shape index (κ1) is 18.4. The van der Waals surface area contributed by atoms with Crippen LogP contribution in [-0.2, 0) is 16.1 Å². The van der Waals surface area contributed by atoms with Gasteiger partial charge >= 0.3 is 0 Å². The number of methoxy groups -OCH3 is 2. The number of ether oxygens (including phenoxy) is 4. The maximum atomic E-state index is 11.5. The Hall–Kier alpha value is -2.37. The van der Waals surface area contributed by atoms with Gasteiger partial charge in [-0.2, -0.15) is 0 Å². The largest absolute Gasteiger partial charge is 0.497 e. The van der Waals surface area contributed by atoms with Gasteiger partial charge in [0.25, 0.3) is 0 Å². The Morgan fingerprint density at radius 1 is 1.08 bits per heavy atom. The summed E-state index contributed by atoms with van der Waals surface area (Å²) < 4.78 is 22.2. The van der Waals surface area contributed by atoms with Crippen LogP contribution in [0.4, 0.5) is 0 Å². The minimum Gasteiger partial charge on any atom is -0.497 e. The van der Waals surface area contributed by atoms with Crippen LogP contribution in [0.25, 0.3) is 11.1 Å². The predicted octanol–water partition coefficient (Wildman–Crippen LogP) is 4.23. The molecule has 0 spiro atoms. The Labute approximate surface area is 153 Å². The fraction of sp³-hybridized carbons (Fsp3) is 0.381. The summed E-state index contributed by atoms with van der Waals surface area (Å²) in [5, 5.41) is 0. The smallest absolute Gasteiger partial charge is 0.158 e. The second-order valence-corrected chi connectivity index (χ2v) is 6.21. The van der Waals surface area contributed by atoms with Gasteiger partial charge in [-0.25, -0.2) is 0 Å². The summed E-state index contributed by atoms with van der Waals surface area (Å²) in [7, 11) is 3.20. The molecule has 1 atom stereocenters. The minimum absolute atomic E-state index is 0.127. The van der Waals surface area contributed by atoms with Crippen molar-refractivity contribution in [1.29, 1.82) is 0 Å². The molecule has 2 aromatic rings. The van der Waals surface area contributed by atoms with Crippen LogP contribution in [0.5, 0.6) is 11.5 Å². The molecule has 0 bridgehead atoms. The zero-order valence-electron chi connectivity index (χ0n) is 15.2. The van der Waals surface area contributed by atoms with Gasteiger partial charge in [0, 0.05) is 17.7 Å². The average Bonchev–Trinajstić information content (AvgIpc) is 2.72. The quantitative estimate of drug-likeness (QED) is 0.695. The van der Waals surface area contributed by atoms with E-state index in [1.807, 2.05) is 30.3 Å². The molecule has 3 rings (SSSR count). The van der Waals surface area contributed by atoms with E-state index >= 15 is 0 Å². The van der Waals surface area contributed by atoms with E-state index in [0.29, 0.717) is 23.7 Å². The van der Waals surface area contributed by atoms with Crippen LogP contribution in [0, 0.1) is 0 Å². The van der Waals surface area contributed by atoms with E-state index < -0.39 is 0 Å². The molecule has 1 unspecified atom stereocenters. The summed E-state index contributed by atoms with van der Waals surface area (Å²) in [5.74, 6) is 1.34. The second kappa shape index (κ2) is 8.83. The highest BCUT2D eigenvalue weighted by Crippen LogP contribution is 2.34. The zero-order valence-corrected chi connectivity index (χ0v) is 15.2. The maximum Gasteiger partial charge on any atom is 0.158 e. The van der Waals surface area contributed by atoms with Gasteiger partial charge in [0.2, 0.25) is 0 Å². The molecule has 5 nitrogen and oxygen atoms in total. The molecule has 0 saturated carbocycles. The molecule has 1 fully saturated rings. The van der Waals surface area contributed by atoms with Gasteiger partial charge in [-0.05, 0) is 54.7 Å². The fourth-order valence-electron chi connectivity index (χ4n) is 3.09. The van der Waals surface area contributed by atoms with Gasteiger partial charge in [0.15, 0.2) is 12.6 Å². The van der Waals surface area contributed by atoms with Crippen molar-refractivity contribution < 1.29 is 23.7 Å². The van der Waals surface area contributed by atoms with Crippen LogP contribution in [0.1, 0.15) is 35.2 Å². The lowest BCUT2D eigenvalue weighted by Crippen LogP contribution is -2.22. The van der Waals surface area contributed by atoms with Gasteiger partial charge in [-0.1, -0.05) is 12.1 Å². The lowest BCUT2D eigenvalue weighted by Gasteiger charge is -2.23. The third-order valence-corrected chi connectivity index (χ3v) is 4.52. The molecular weight excluding hydrogens is 332 g/mol. The van der Waals surface area contributed by atoms with Crippen LogP contribution >= 0.6 is 0 Å². The molecule has 2 aromatic carbocycles. The van der Waals surface area contributed by atoms with Crippen molar-refractivity contribution in [2.45, 2.75) is 32.2 Å². The molecule has 0 aliphatic carbocycles. The molecule has 0 radical (unpaired) electrons. The second-order valence-electron chi connectivity index (χ2n) is 6.21. The van der Waals surface area contributed by atoms with E-state index in [1.54, 1.807) is 20.3 Å². The standard InChI is InChI=1S/C21H24O5/c1-23-17-7-9-18(16(12-17)13-22)19-8-6-15(11-20(19)24-2)14-26-21-5-3-4-10-25-21/h6-9,11-13,21H,3-5,10,14H2,1-2H3. The molecular formula is C21H24O5. The topological polar surface area (TPSA) is 54.0 Å². The lowest BCUT2D eigenvalue weighted by molar-refractivity contribution is -0.168. The number of benzene rings is 2. The maximum absolute atomic E-state index is 11.5. The first-order valence-electron chi connectivity index (χ1n) is 8.79. The number of carbonyl (C=O) groups is 1. The van der Waals surface area contributed by atoms with Crippen molar-refractivity contribution in [3.63, 3.8) is 0 Å². The van der Waals surface area contributed by atoms with E-state index in [1.165, 1.54) is 0 Å². The number of rotatable bonds is 7. The number of aldehydes is 1. The van der Waals surface area contributed by atoms with Gasteiger partial charge < -0.3 is 18.9 Å². The molecule has 1 saturated heterocycles. The van der Waals surface area contributed by atoms with E-state index in [-0.39, 0.29) is 6.29 Å². The molecule has 0 aromatic heterocycles. The fourth-order valence-corrected chi connectivity index (χ4v) is 3.09. The van der Waals surface area contributed by atoms with E-state index in [0.717, 1.165) is 48.8 Å². The summed E-state index contributed by atoms with van der Waals surface area (Å²) in [6, 6.07) is 11.3. The van der Waals surface area contributed by atoms with Crippen molar-refractivity contribution in [2.24, 2.45) is 0 Å². The first-order chi connectivity index (χ1) is 12.7. The summed E-state index contributed by atoms with van der Waals surface area (Å²) >= 11 is 0. The van der Waals surface area contributed by atoms with Crippen molar-refractivity contribution in [1.82, 2.24) is 0 Å². The highest BCUT2D eigenvalue weighted by molar-refractivity contribution is 5.90. The van der Waals surface area contributed by atoms with Gasteiger partial charge in [0.1, 0.15) is 11.5 Å². The number of carbonyl (C=O) groups excluding carboxylic acids is 1. The predicted molar refractivity (Wildman–Crippen MR) is 98.7 cm³/mol. The Morgan fingerprint density at radius 2 is 1.92 bits per heavy atom. The number of hydrogen-bond donors (Lipinski definition) is 0. The molecule has 0 N–H and O–H groups in total. The Bertz CT molecular complexity index is 750. The molecule has 5 heteroatoms. The molecule has 26 heavy (non-hydrogen) atoms. The van der Waals surface area contributed by atoms with Crippen LogP contribution in [0.3, 0.4) is 0 Å². The molecule has 1 aliphatic rings. The summed E-state index contributed by atoms with van der Waals surface area (Å²) in [6.07, 6.45) is 3.87. The number of hydrogen-bond acceptors (Lipinski definition) is 5. The summed E-state index contributed by atoms with van der Waals surface area (Å²) in [5.41, 5.74) is 3.22. The van der Waals surface area contributed by atoms with Crippen molar-refractivity contribution >= 4 is 6.29 Å². The average molecular weight is 356 g/mol. The van der Waals surface area contributed by atoms with Gasteiger partial charge in [0.05, 0.1) is 20.8 Å². The first-order valence-corrected chi connectivity index (χ1v) is 8.79. The zero-order chi connectivity index (χ0) is 18.4. The molecule has 138 valence electrons. The van der Waals surface area contributed by atoms with Crippen molar-refractivity contribution in [2.75, 3.05) is 20.8 Å². The summed E-state index contributed by atoms with van der Waals surface area (Å²) in [6.45, 7) is 1.23. The van der Waals surface area contributed by atoms with E-state index in [2.05, 4.69) is 0 Å². The van der Waals surface area contributed by atoms with Crippen LogP contribution in [0.15, 0.2) is 36.4 Å². The Morgan fingerprint density at radius 3 is 2.62 bits per heavy atom. The highest BCUT2D eigenvalue weighted by Gasteiger charge is 2.16. The molecule has 0 amide bonds. The SMILES string of the molecule is COc1ccc(-c2ccc(COC3CCCCO3)cc2OC)c(C=O)c1. The molecule has 1 heterocycles. The van der Waals surface area contributed by atoms with Crippen molar-refractivity contribution in [3.05, 3.63) is 47.5 Å². The Kier molecular flexibility index (Phi) is 6.26. The Balaban J connectivity index is 1.81. The van der Waals surface area contributed by atoms with Crippen LogP contribution in [-0.4, -0.2) is 33.4 Å². The highest BCUT2D eigenvalue weighted by atomic mass is 16.7. The monoisotopic (exact) mass is 356 g/mol. The minimum atomic E-state index is -0.127. The van der Waals surface area contributed by atoms with Gasteiger partial charge in [-0.3, -0.25) is 4.79 Å². The normalized spacial score (nSPS) is 16.9. The lowest BCUT2D eigenvalue weighted by atomic mass is 9.98. The summed E-state index contributed by atoms with van der Waals surface area (Å²) in [4.78, 5) is 11.5. The van der Waals surface area contributed by atoms with Crippen molar-refractivity contribution in [3.8, 4) is 22.6 Å². The third kappa shape index (κ3) is 4.23. The van der Waals surface area contributed by atoms with E-state index in [4.69, 9.17) is 18.9 Å². The van der Waals surface area contributed by atoms with Gasteiger partial charge in [-0.15, -0.1) is 0 Å². The van der Waals surface area contributed by atoms with Crippen LogP contribution in [0.2, 0.25) is 0 Å². The third-order valence-electron chi connectivity index (χ3n) is 4.52. The molecule has 1 aliphatic heterocycles.